The highest BCUT2D eigenvalue weighted by atomic mass is 16.6. The van der Waals surface area contributed by atoms with Gasteiger partial charge in [-0.05, 0) is 18.2 Å². The number of nitrogens with zero attached hydrogens (tertiary/aromatic N) is 2. The van der Waals surface area contributed by atoms with Crippen LogP contribution in [0, 0.1) is 10.1 Å². The third-order valence-corrected chi connectivity index (χ3v) is 2.90. The topological polar surface area (TPSA) is 114 Å². The second kappa shape index (κ2) is 7.03. The van der Waals surface area contributed by atoms with Gasteiger partial charge in [0.05, 0.1) is 18.2 Å². The lowest BCUT2D eigenvalue weighted by molar-refractivity contribution is -0.384. The Bertz CT molecular complexity index is 773. The molecule has 0 unspecified atom stereocenters. The SMILES string of the molecule is COc1cc(C(=O)N/N=C\c2cccc([N+](=O)[O-])c2)ccc1O. The summed E-state index contributed by atoms with van der Waals surface area (Å²) >= 11 is 0. The number of carbonyl (C=O) groups excluding carboxylic acids is 1. The molecular formula is C15H13N3O5. The summed E-state index contributed by atoms with van der Waals surface area (Å²) in [6.45, 7) is 0. The molecule has 0 aromatic heterocycles. The molecule has 0 aliphatic heterocycles. The molecule has 2 aromatic rings. The second-order valence-corrected chi connectivity index (χ2v) is 4.44. The van der Waals surface area contributed by atoms with Crippen molar-refractivity contribution >= 4 is 17.8 Å². The molecule has 0 bridgehead atoms. The van der Waals surface area contributed by atoms with Crippen LogP contribution in [0.4, 0.5) is 5.69 Å². The van der Waals surface area contributed by atoms with Crippen LogP contribution in [-0.2, 0) is 0 Å². The van der Waals surface area contributed by atoms with Gasteiger partial charge in [-0.3, -0.25) is 14.9 Å². The molecule has 0 atom stereocenters. The standard InChI is InChI=1S/C15H13N3O5/c1-23-14-8-11(5-6-13(14)19)15(20)17-16-9-10-3-2-4-12(7-10)18(21)22/h2-9,19H,1H3,(H,17,20)/b16-9-. The number of phenolic OH excluding ortho intramolecular Hbond substituents is 1. The molecule has 2 N–H and O–H groups in total. The van der Waals surface area contributed by atoms with E-state index in [1.165, 1.54) is 49.7 Å². The normalized spacial score (nSPS) is 10.5. The van der Waals surface area contributed by atoms with Crippen LogP contribution in [0.1, 0.15) is 15.9 Å². The van der Waals surface area contributed by atoms with Crippen LogP contribution in [0.3, 0.4) is 0 Å². The van der Waals surface area contributed by atoms with Gasteiger partial charge in [-0.1, -0.05) is 12.1 Å². The fraction of sp³-hybridized carbons (Fsp3) is 0.0667. The highest BCUT2D eigenvalue weighted by Gasteiger charge is 2.09. The smallest absolute Gasteiger partial charge is 0.271 e. The molecule has 0 radical (unpaired) electrons. The summed E-state index contributed by atoms with van der Waals surface area (Å²) in [7, 11) is 1.37. The molecule has 1 amide bonds. The van der Waals surface area contributed by atoms with Crippen molar-refractivity contribution in [1.82, 2.24) is 5.43 Å². The number of amides is 1. The average Bonchev–Trinajstić information content (AvgIpc) is 2.55. The van der Waals surface area contributed by atoms with E-state index in [9.17, 15) is 20.0 Å². The van der Waals surface area contributed by atoms with Gasteiger partial charge in [-0.25, -0.2) is 5.43 Å². The summed E-state index contributed by atoms with van der Waals surface area (Å²) < 4.78 is 4.91. The van der Waals surface area contributed by atoms with Gasteiger partial charge in [0.1, 0.15) is 0 Å². The molecule has 8 nitrogen and oxygen atoms in total. The van der Waals surface area contributed by atoms with E-state index < -0.39 is 10.8 Å². The number of hydrogen-bond acceptors (Lipinski definition) is 6. The maximum absolute atomic E-state index is 11.9. The van der Waals surface area contributed by atoms with Crippen LogP contribution in [0.25, 0.3) is 0 Å². The van der Waals surface area contributed by atoms with Crippen LogP contribution in [0.5, 0.6) is 11.5 Å². The van der Waals surface area contributed by atoms with Gasteiger partial charge in [-0.15, -0.1) is 0 Å². The van der Waals surface area contributed by atoms with E-state index in [0.29, 0.717) is 5.56 Å². The molecule has 8 heteroatoms. The number of rotatable bonds is 5. The Labute approximate surface area is 131 Å². The number of hydrogen-bond donors (Lipinski definition) is 2. The van der Waals surface area contributed by atoms with Crippen molar-refractivity contribution in [3.63, 3.8) is 0 Å². The summed E-state index contributed by atoms with van der Waals surface area (Å²) in [4.78, 5) is 22.1. The fourth-order valence-electron chi connectivity index (χ4n) is 1.77. The number of non-ortho nitro benzene ring substituents is 1. The highest BCUT2D eigenvalue weighted by molar-refractivity contribution is 5.95. The lowest BCUT2D eigenvalue weighted by atomic mass is 10.2. The molecule has 0 aliphatic carbocycles. The number of methoxy groups -OCH3 is 1. The third kappa shape index (κ3) is 4.03. The van der Waals surface area contributed by atoms with Gasteiger partial charge in [-0.2, -0.15) is 5.10 Å². The van der Waals surface area contributed by atoms with Gasteiger partial charge in [0, 0.05) is 23.3 Å². The first-order valence-electron chi connectivity index (χ1n) is 6.46. The maximum atomic E-state index is 11.9. The molecule has 118 valence electrons. The highest BCUT2D eigenvalue weighted by Crippen LogP contribution is 2.26. The predicted octanol–water partition coefficient (Wildman–Crippen LogP) is 2.07. The molecule has 0 aliphatic rings. The summed E-state index contributed by atoms with van der Waals surface area (Å²) in [5, 5.41) is 23.9. The number of phenols is 1. The number of nitro groups is 1. The van der Waals surface area contributed by atoms with Crippen LogP contribution in [0.2, 0.25) is 0 Å². The molecule has 2 aromatic carbocycles. The number of nitrogens with one attached hydrogen (secondary N) is 1. The van der Waals surface area contributed by atoms with E-state index >= 15 is 0 Å². The summed E-state index contributed by atoms with van der Waals surface area (Å²) in [5.74, 6) is -0.422. The minimum absolute atomic E-state index is 0.0662. The monoisotopic (exact) mass is 315 g/mol. The Morgan fingerprint density at radius 2 is 2.13 bits per heavy atom. The van der Waals surface area contributed by atoms with Crippen molar-refractivity contribution in [2.45, 2.75) is 0 Å². The zero-order chi connectivity index (χ0) is 16.8. The Hall–Kier alpha value is -3.42. The van der Waals surface area contributed by atoms with E-state index in [-0.39, 0.29) is 22.7 Å². The number of carbonyl (C=O) groups is 1. The van der Waals surface area contributed by atoms with E-state index in [1.807, 2.05) is 0 Å². The van der Waals surface area contributed by atoms with Crippen molar-refractivity contribution in [1.29, 1.82) is 0 Å². The maximum Gasteiger partial charge on any atom is 0.271 e. The van der Waals surface area contributed by atoms with Gasteiger partial charge in [0.25, 0.3) is 11.6 Å². The molecule has 0 spiro atoms. The average molecular weight is 315 g/mol. The zero-order valence-corrected chi connectivity index (χ0v) is 12.1. The van der Waals surface area contributed by atoms with Crippen molar-refractivity contribution in [2.24, 2.45) is 5.10 Å². The molecule has 2 rings (SSSR count). The summed E-state index contributed by atoms with van der Waals surface area (Å²) in [6, 6.07) is 9.94. The zero-order valence-electron chi connectivity index (χ0n) is 12.1. The minimum atomic E-state index is -0.515. The van der Waals surface area contributed by atoms with Crippen molar-refractivity contribution in [2.75, 3.05) is 7.11 Å². The lowest BCUT2D eigenvalue weighted by Gasteiger charge is -2.05. The van der Waals surface area contributed by atoms with E-state index in [2.05, 4.69) is 10.5 Å². The van der Waals surface area contributed by atoms with E-state index in [0.717, 1.165) is 0 Å². The largest absolute Gasteiger partial charge is 0.504 e. The molecular weight excluding hydrogens is 302 g/mol. The van der Waals surface area contributed by atoms with Gasteiger partial charge < -0.3 is 9.84 Å². The first kappa shape index (κ1) is 16.0. The predicted molar refractivity (Wildman–Crippen MR) is 82.8 cm³/mol. The first-order valence-corrected chi connectivity index (χ1v) is 6.46. The number of ether oxygens (including phenoxy) is 1. The molecule has 23 heavy (non-hydrogen) atoms. The summed E-state index contributed by atoms with van der Waals surface area (Å²) in [5.41, 5.74) is 2.95. The quantitative estimate of drug-likeness (QED) is 0.498. The fourth-order valence-corrected chi connectivity index (χ4v) is 1.77. The van der Waals surface area contributed by atoms with Crippen molar-refractivity contribution in [3.05, 3.63) is 63.7 Å². The summed E-state index contributed by atoms with van der Waals surface area (Å²) in [6.07, 6.45) is 1.29. The first-order chi connectivity index (χ1) is 11.0. The Morgan fingerprint density at radius 3 is 2.83 bits per heavy atom. The number of benzene rings is 2. The molecule has 0 fully saturated rings. The van der Waals surface area contributed by atoms with Crippen LogP contribution in [0.15, 0.2) is 47.6 Å². The second-order valence-electron chi connectivity index (χ2n) is 4.44. The van der Waals surface area contributed by atoms with Crippen molar-refractivity contribution < 1.29 is 19.6 Å². The van der Waals surface area contributed by atoms with Crippen molar-refractivity contribution in [3.8, 4) is 11.5 Å². The van der Waals surface area contributed by atoms with E-state index in [4.69, 9.17) is 4.74 Å². The Kier molecular flexibility index (Phi) is 4.88. The lowest BCUT2D eigenvalue weighted by Crippen LogP contribution is -2.17. The number of hydrazone groups is 1. The van der Waals surface area contributed by atoms with Crippen LogP contribution >= 0.6 is 0 Å². The van der Waals surface area contributed by atoms with Gasteiger partial charge >= 0.3 is 0 Å². The number of aromatic hydroxyl groups is 1. The minimum Gasteiger partial charge on any atom is -0.504 e. The third-order valence-electron chi connectivity index (χ3n) is 2.90. The van der Waals surface area contributed by atoms with Gasteiger partial charge in [0.2, 0.25) is 0 Å². The van der Waals surface area contributed by atoms with Crippen LogP contribution in [-0.4, -0.2) is 29.3 Å². The molecule has 0 saturated carbocycles. The Balaban J connectivity index is 2.06. The number of nitro benzene ring substituents is 1. The van der Waals surface area contributed by atoms with Crippen LogP contribution < -0.4 is 10.2 Å². The van der Waals surface area contributed by atoms with E-state index in [1.54, 1.807) is 6.07 Å². The molecule has 0 heterocycles. The molecule has 0 saturated heterocycles. The van der Waals surface area contributed by atoms with Gasteiger partial charge in [0.15, 0.2) is 11.5 Å². The Morgan fingerprint density at radius 1 is 1.35 bits per heavy atom.